The van der Waals surface area contributed by atoms with E-state index in [1.54, 1.807) is 12.1 Å². The van der Waals surface area contributed by atoms with Crippen LogP contribution in [0.2, 0.25) is 0 Å². The van der Waals surface area contributed by atoms with Crippen molar-refractivity contribution in [3.63, 3.8) is 0 Å². The molecule has 1 aromatic rings. The van der Waals surface area contributed by atoms with Crippen LogP contribution < -0.4 is 11.1 Å². The van der Waals surface area contributed by atoms with E-state index in [1.165, 1.54) is 0 Å². The van der Waals surface area contributed by atoms with Crippen LogP contribution in [0.1, 0.15) is 50.2 Å². The molecule has 0 aromatic carbocycles. The highest BCUT2D eigenvalue weighted by Crippen LogP contribution is 2.11. The molecule has 0 bridgehead atoms. The molecule has 1 rings (SSSR count). The van der Waals surface area contributed by atoms with Gasteiger partial charge < -0.3 is 11.1 Å². The fourth-order valence-electron chi connectivity index (χ4n) is 1.54. The van der Waals surface area contributed by atoms with Gasteiger partial charge in [-0.2, -0.15) is 0 Å². The van der Waals surface area contributed by atoms with Crippen LogP contribution in [0.15, 0.2) is 12.1 Å². The highest BCUT2D eigenvalue weighted by atomic mass is 16.1. The standard InChI is InChI=1S/C13H21N3O/c1-5-6-10-7-9(8-11(14)15-10)12(17)16-13(2,3)4/h7-8H,5-6H2,1-4H3,(H2,14,15)(H,16,17). The molecular formula is C13H21N3O. The number of pyridine rings is 1. The van der Waals surface area contributed by atoms with Crippen molar-refractivity contribution >= 4 is 11.7 Å². The molecule has 17 heavy (non-hydrogen) atoms. The zero-order valence-electron chi connectivity index (χ0n) is 11.0. The van der Waals surface area contributed by atoms with Crippen molar-refractivity contribution in [3.8, 4) is 0 Å². The van der Waals surface area contributed by atoms with Crippen LogP contribution in [0.3, 0.4) is 0 Å². The quantitative estimate of drug-likeness (QED) is 0.843. The largest absolute Gasteiger partial charge is 0.384 e. The summed E-state index contributed by atoms with van der Waals surface area (Å²) < 4.78 is 0. The average molecular weight is 235 g/mol. The molecule has 0 aliphatic rings. The Morgan fingerprint density at radius 3 is 2.59 bits per heavy atom. The second kappa shape index (κ2) is 5.17. The Morgan fingerprint density at radius 1 is 1.41 bits per heavy atom. The van der Waals surface area contributed by atoms with Gasteiger partial charge >= 0.3 is 0 Å². The lowest BCUT2D eigenvalue weighted by Gasteiger charge is -2.20. The second-order valence-electron chi connectivity index (χ2n) is 5.23. The third-order valence-corrected chi connectivity index (χ3v) is 2.16. The third kappa shape index (κ3) is 4.43. The van der Waals surface area contributed by atoms with Crippen molar-refractivity contribution in [2.75, 3.05) is 5.73 Å². The number of nitrogen functional groups attached to an aromatic ring is 1. The number of anilines is 1. The average Bonchev–Trinajstić information content (AvgIpc) is 2.14. The van der Waals surface area contributed by atoms with Crippen molar-refractivity contribution < 1.29 is 4.79 Å². The summed E-state index contributed by atoms with van der Waals surface area (Å²) in [6.07, 6.45) is 1.82. The van der Waals surface area contributed by atoms with E-state index in [9.17, 15) is 4.79 Å². The molecule has 4 nitrogen and oxygen atoms in total. The lowest BCUT2D eigenvalue weighted by atomic mass is 10.1. The van der Waals surface area contributed by atoms with Crippen LogP contribution in [0.25, 0.3) is 0 Å². The van der Waals surface area contributed by atoms with Gasteiger partial charge in [0, 0.05) is 16.8 Å². The van der Waals surface area contributed by atoms with Crippen LogP contribution in [0.5, 0.6) is 0 Å². The van der Waals surface area contributed by atoms with Gasteiger partial charge in [-0.25, -0.2) is 4.98 Å². The number of nitrogens with two attached hydrogens (primary N) is 1. The number of aryl methyl sites for hydroxylation is 1. The highest BCUT2D eigenvalue weighted by Gasteiger charge is 2.16. The summed E-state index contributed by atoms with van der Waals surface area (Å²) in [6, 6.07) is 3.42. The van der Waals surface area contributed by atoms with E-state index in [1.807, 2.05) is 20.8 Å². The predicted octanol–water partition coefficient (Wildman–Crippen LogP) is 2.14. The number of aromatic nitrogens is 1. The Hall–Kier alpha value is -1.58. The number of rotatable bonds is 3. The minimum Gasteiger partial charge on any atom is -0.384 e. The van der Waals surface area contributed by atoms with Crippen molar-refractivity contribution in [2.24, 2.45) is 0 Å². The molecule has 0 unspecified atom stereocenters. The molecule has 94 valence electrons. The molecule has 0 aliphatic carbocycles. The Balaban J connectivity index is 2.93. The molecule has 0 fully saturated rings. The molecule has 0 saturated carbocycles. The first-order valence-corrected chi connectivity index (χ1v) is 5.91. The van der Waals surface area contributed by atoms with Crippen molar-refractivity contribution in [2.45, 2.75) is 46.1 Å². The lowest BCUT2D eigenvalue weighted by Crippen LogP contribution is -2.40. The predicted molar refractivity (Wildman–Crippen MR) is 69.9 cm³/mol. The molecule has 1 aromatic heterocycles. The third-order valence-electron chi connectivity index (χ3n) is 2.16. The lowest BCUT2D eigenvalue weighted by molar-refractivity contribution is 0.0919. The van der Waals surface area contributed by atoms with E-state index in [-0.39, 0.29) is 11.4 Å². The zero-order valence-corrected chi connectivity index (χ0v) is 11.0. The number of nitrogens with one attached hydrogen (secondary N) is 1. The maximum atomic E-state index is 12.0. The van der Waals surface area contributed by atoms with E-state index >= 15 is 0 Å². The first-order valence-electron chi connectivity index (χ1n) is 5.91. The van der Waals surface area contributed by atoms with E-state index in [2.05, 4.69) is 17.2 Å². The van der Waals surface area contributed by atoms with Gasteiger partial charge in [0.15, 0.2) is 0 Å². The number of nitrogens with zero attached hydrogens (tertiary/aromatic N) is 1. The van der Waals surface area contributed by atoms with Gasteiger partial charge in [-0.1, -0.05) is 13.3 Å². The Kier molecular flexibility index (Phi) is 4.10. The molecule has 1 heterocycles. The minimum atomic E-state index is -0.250. The summed E-state index contributed by atoms with van der Waals surface area (Å²) in [5, 5.41) is 2.91. The normalized spacial score (nSPS) is 11.3. The van der Waals surface area contributed by atoms with E-state index in [0.29, 0.717) is 11.4 Å². The van der Waals surface area contributed by atoms with Gasteiger partial charge in [0.05, 0.1) is 0 Å². The van der Waals surface area contributed by atoms with Crippen molar-refractivity contribution in [3.05, 3.63) is 23.4 Å². The first-order chi connectivity index (χ1) is 7.81. The summed E-state index contributed by atoms with van der Waals surface area (Å²) in [5.74, 6) is 0.291. The molecule has 0 radical (unpaired) electrons. The van der Waals surface area contributed by atoms with Gasteiger partial charge in [-0.05, 0) is 39.3 Å². The fraction of sp³-hybridized carbons (Fsp3) is 0.538. The van der Waals surface area contributed by atoms with E-state index in [4.69, 9.17) is 5.73 Å². The number of carbonyl (C=O) groups is 1. The number of hydrogen-bond acceptors (Lipinski definition) is 3. The minimum absolute atomic E-state index is 0.107. The topological polar surface area (TPSA) is 68.0 Å². The summed E-state index contributed by atoms with van der Waals surface area (Å²) in [7, 11) is 0. The summed E-state index contributed by atoms with van der Waals surface area (Å²) >= 11 is 0. The van der Waals surface area contributed by atoms with Gasteiger partial charge in [0.1, 0.15) is 5.82 Å². The summed E-state index contributed by atoms with van der Waals surface area (Å²) in [5.41, 5.74) is 6.90. The number of carbonyl (C=O) groups excluding carboxylic acids is 1. The Bertz CT molecular complexity index is 408. The molecule has 0 spiro atoms. The summed E-state index contributed by atoms with van der Waals surface area (Å²) in [4.78, 5) is 16.2. The van der Waals surface area contributed by atoms with Gasteiger partial charge in [-0.3, -0.25) is 4.79 Å². The Morgan fingerprint density at radius 2 is 2.06 bits per heavy atom. The zero-order chi connectivity index (χ0) is 13.1. The molecule has 0 saturated heterocycles. The van der Waals surface area contributed by atoms with Gasteiger partial charge in [0.25, 0.3) is 5.91 Å². The van der Waals surface area contributed by atoms with Gasteiger partial charge in [-0.15, -0.1) is 0 Å². The van der Waals surface area contributed by atoms with Crippen LogP contribution in [-0.4, -0.2) is 16.4 Å². The van der Waals surface area contributed by atoms with Crippen LogP contribution in [0, 0.1) is 0 Å². The second-order valence-corrected chi connectivity index (χ2v) is 5.23. The molecule has 0 atom stereocenters. The molecular weight excluding hydrogens is 214 g/mol. The first kappa shape index (κ1) is 13.5. The van der Waals surface area contributed by atoms with E-state index < -0.39 is 0 Å². The van der Waals surface area contributed by atoms with Crippen LogP contribution >= 0.6 is 0 Å². The monoisotopic (exact) mass is 235 g/mol. The van der Waals surface area contributed by atoms with Gasteiger partial charge in [0.2, 0.25) is 0 Å². The number of amides is 1. The SMILES string of the molecule is CCCc1cc(C(=O)NC(C)(C)C)cc(N)n1. The maximum absolute atomic E-state index is 12.0. The van der Waals surface area contributed by atoms with Crippen molar-refractivity contribution in [1.29, 1.82) is 0 Å². The van der Waals surface area contributed by atoms with Crippen LogP contribution in [0.4, 0.5) is 5.82 Å². The highest BCUT2D eigenvalue weighted by molar-refractivity contribution is 5.95. The summed E-state index contributed by atoms with van der Waals surface area (Å²) in [6.45, 7) is 7.91. The maximum Gasteiger partial charge on any atom is 0.251 e. The Labute approximate surface area is 103 Å². The number of hydrogen-bond donors (Lipinski definition) is 2. The van der Waals surface area contributed by atoms with Crippen LogP contribution in [-0.2, 0) is 6.42 Å². The molecule has 1 amide bonds. The smallest absolute Gasteiger partial charge is 0.251 e. The van der Waals surface area contributed by atoms with E-state index in [0.717, 1.165) is 18.5 Å². The van der Waals surface area contributed by atoms with Crippen molar-refractivity contribution in [1.82, 2.24) is 10.3 Å². The molecule has 3 N–H and O–H groups in total. The molecule has 4 heteroatoms. The fourth-order valence-corrected chi connectivity index (χ4v) is 1.54. The molecule has 0 aliphatic heterocycles.